The summed E-state index contributed by atoms with van der Waals surface area (Å²) < 4.78 is 11.6. The number of halogens is 1. The molecule has 10 heavy (non-hydrogen) atoms. The van der Waals surface area contributed by atoms with Crippen LogP contribution in [0.4, 0.5) is 4.39 Å². The molecule has 0 heterocycles. The summed E-state index contributed by atoms with van der Waals surface area (Å²) in [4.78, 5) is 0. The number of rotatable bonds is 5. The minimum absolute atomic E-state index is 0.0647. The summed E-state index contributed by atoms with van der Waals surface area (Å²) in [5.41, 5.74) is 0.0647. The van der Waals surface area contributed by atoms with Crippen LogP contribution in [0.3, 0.4) is 0 Å². The summed E-state index contributed by atoms with van der Waals surface area (Å²) in [6.07, 6.45) is 0. The van der Waals surface area contributed by atoms with Crippen molar-refractivity contribution in [2.24, 2.45) is 0 Å². The minimum Gasteiger partial charge on any atom is -0.314 e. The largest absolute Gasteiger partial charge is 0.314 e. The van der Waals surface area contributed by atoms with E-state index in [2.05, 4.69) is 24.5 Å². The third-order valence-corrected chi connectivity index (χ3v) is 1.51. The first-order valence-electron chi connectivity index (χ1n) is 3.58. The molecular formula is C7H17FN2. The SMILES string of the molecule is CNC(C)(C)CNCCF. The van der Waals surface area contributed by atoms with E-state index in [1.54, 1.807) is 0 Å². The predicted octanol–water partition coefficient (Wildman–Crippen LogP) is 0.543. The fraction of sp³-hybridized carbons (Fsp3) is 1.00. The molecule has 0 unspecified atom stereocenters. The van der Waals surface area contributed by atoms with Crippen molar-refractivity contribution in [1.82, 2.24) is 10.6 Å². The van der Waals surface area contributed by atoms with Crippen molar-refractivity contribution in [2.45, 2.75) is 19.4 Å². The summed E-state index contributed by atoms with van der Waals surface area (Å²) in [5, 5.41) is 6.10. The van der Waals surface area contributed by atoms with E-state index in [1.165, 1.54) is 0 Å². The molecule has 0 saturated heterocycles. The second-order valence-electron chi connectivity index (χ2n) is 3.00. The van der Waals surface area contributed by atoms with Crippen LogP contribution in [0.1, 0.15) is 13.8 Å². The smallest absolute Gasteiger partial charge is 0.102 e. The van der Waals surface area contributed by atoms with Crippen LogP contribution in [0.25, 0.3) is 0 Å². The maximum atomic E-state index is 11.6. The van der Waals surface area contributed by atoms with Crippen LogP contribution in [0.2, 0.25) is 0 Å². The van der Waals surface area contributed by atoms with Gasteiger partial charge in [-0.3, -0.25) is 0 Å². The molecule has 0 aromatic rings. The molecule has 0 aliphatic heterocycles. The summed E-state index contributed by atoms with van der Waals surface area (Å²) in [6.45, 7) is 5.09. The van der Waals surface area contributed by atoms with Gasteiger partial charge < -0.3 is 10.6 Å². The van der Waals surface area contributed by atoms with Crippen molar-refractivity contribution in [3.63, 3.8) is 0 Å². The molecule has 0 aliphatic carbocycles. The van der Waals surface area contributed by atoms with E-state index in [1.807, 2.05) is 7.05 Å². The number of hydrogen-bond donors (Lipinski definition) is 2. The lowest BCUT2D eigenvalue weighted by Crippen LogP contribution is -2.46. The fourth-order valence-electron chi connectivity index (χ4n) is 0.556. The molecule has 0 spiro atoms. The Morgan fingerprint density at radius 3 is 2.40 bits per heavy atom. The van der Waals surface area contributed by atoms with Crippen LogP contribution >= 0.6 is 0 Å². The van der Waals surface area contributed by atoms with Gasteiger partial charge in [0.2, 0.25) is 0 Å². The Kier molecular flexibility index (Phi) is 4.56. The summed E-state index contributed by atoms with van der Waals surface area (Å²) >= 11 is 0. The van der Waals surface area contributed by atoms with Crippen molar-refractivity contribution in [1.29, 1.82) is 0 Å². The number of nitrogens with one attached hydrogen (secondary N) is 2. The first-order valence-corrected chi connectivity index (χ1v) is 3.58. The van der Waals surface area contributed by atoms with Gasteiger partial charge in [0.1, 0.15) is 6.67 Å². The lowest BCUT2D eigenvalue weighted by Gasteiger charge is -2.23. The van der Waals surface area contributed by atoms with E-state index >= 15 is 0 Å². The van der Waals surface area contributed by atoms with Gasteiger partial charge in [-0.05, 0) is 20.9 Å². The van der Waals surface area contributed by atoms with Crippen LogP contribution in [0, 0.1) is 0 Å². The quantitative estimate of drug-likeness (QED) is 0.556. The third kappa shape index (κ3) is 4.70. The average molecular weight is 148 g/mol. The van der Waals surface area contributed by atoms with Gasteiger partial charge >= 0.3 is 0 Å². The van der Waals surface area contributed by atoms with E-state index in [0.29, 0.717) is 6.54 Å². The topological polar surface area (TPSA) is 24.1 Å². The maximum absolute atomic E-state index is 11.6. The van der Waals surface area contributed by atoms with Crippen molar-refractivity contribution < 1.29 is 4.39 Å². The third-order valence-electron chi connectivity index (χ3n) is 1.51. The fourth-order valence-corrected chi connectivity index (χ4v) is 0.556. The van der Waals surface area contributed by atoms with Gasteiger partial charge in [-0.1, -0.05) is 0 Å². The van der Waals surface area contributed by atoms with Crippen LogP contribution in [-0.2, 0) is 0 Å². The summed E-state index contributed by atoms with van der Waals surface area (Å²) in [6, 6.07) is 0. The highest BCUT2D eigenvalue weighted by Gasteiger charge is 2.12. The van der Waals surface area contributed by atoms with Crippen molar-refractivity contribution in [3.8, 4) is 0 Å². The zero-order valence-electron chi connectivity index (χ0n) is 7.00. The van der Waals surface area contributed by atoms with Crippen molar-refractivity contribution >= 4 is 0 Å². The van der Waals surface area contributed by atoms with Gasteiger partial charge in [-0.2, -0.15) is 0 Å². The monoisotopic (exact) mass is 148 g/mol. The lowest BCUT2D eigenvalue weighted by atomic mass is 10.1. The van der Waals surface area contributed by atoms with Crippen molar-refractivity contribution in [3.05, 3.63) is 0 Å². The van der Waals surface area contributed by atoms with Crippen LogP contribution < -0.4 is 10.6 Å². The summed E-state index contributed by atoms with van der Waals surface area (Å²) in [7, 11) is 1.90. The second kappa shape index (κ2) is 4.63. The number of hydrogen-bond acceptors (Lipinski definition) is 2. The first-order chi connectivity index (χ1) is 4.62. The van der Waals surface area contributed by atoms with Crippen LogP contribution in [-0.4, -0.2) is 32.4 Å². The number of likely N-dealkylation sites (N-methyl/N-ethyl adjacent to an activating group) is 1. The Morgan fingerprint density at radius 1 is 1.40 bits per heavy atom. The molecule has 0 radical (unpaired) electrons. The molecule has 2 nitrogen and oxygen atoms in total. The zero-order valence-corrected chi connectivity index (χ0v) is 7.00. The highest BCUT2D eigenvalue weighted by Crippen LogP contribution is 1.96. The van der Waals surface area contributed by atoms with Crippen LogP contribution in [0.15, 0.2) is 0 Å². The molecule has 0 fully saturated rings. The molecule has 0 bridgehead atoms. The van der Waals surface area contributed by atoms with E-state index in [0.717, 1.165) is 6.54 Å². The van der Waals surface area contributed by atoms with Gasteiger partial charge in [-0.25, -0.2) is 4.39 Å². The molecule has 0 atom stereocenters. The molecular weight excluding hydrogens is 131 g/mol. The Labute approximate surface area is 62.2 Å². The zero-order chi connectivity index (χ0) is 8.04. The minimum atomic E-state index is -0.292. The van der Waals surface area contributed by atoms with E-state index in [4.69, 9.17) is 0 Å². The van der Waals surface area contributed by atoms with E-state index < -0.39 is 0 Å². The van der Waals surface area contributed by atoms with E-state index in [9.17, 15) is 4.39 Å². The average Bonchev–Trinajstić information content (AvgIpc) is 1.89. The molecule has 62 valence electrons. The highest BCUT2D eigenvalue weighted by molar-refractivity contribution is 4.77. The normalized spacial score (nSPS) is 12.0. The van der Waals surface area contributed by atoms with Gasteiger partial charge in [0, 0.05) is 18.6 Å². The molecule has 2 N–H and O–H groups in total. The van der Waals surface area contributed by atoms with Gasteiger partial charge in [0.05, 0.1) is 0 Å². The van der Waals surface area contributed by atoms with Gasteiger partial charge in [0.15, 0.2) is 0 Å². The molecule has 0 rings (SSSR count). The van der Waals surface area contributed by atoms with E-state index in [-0.39, 0.29) is 12.2 Å². The molecule has 0 aliphatic rings. The molecule has 0 saturated carbocycles. The first kappa shape index (κ1) is 9.85. The molecule has 0 aromatic heterocycles. The van der Waals surface area contributed by atoms with Gasteiger partial charge in [0.25, 0.3) is 0 Å². The van der Waals surface area contributed by atoms with Crippen LogP contribution in [0.5, 0.6) is 0 Å². The maximum Gasteiger partial charge on any atom is 0.102 e. The molecule has 0 aromatic carbocycles. The summed E-state index contributed by atoms with van der Waals surface area (Å²) in [5.74, 6) is 0. The van der Waals surface area contributed by atoms with Crippen molar-refractivity contribution in [2.75, 3.05) is 26.8 Å². The Balaban J connectivity index is 3.28. The molecule has 0 amide bonds. The Hall–Kier alpha value is -0.150. The predicted molar refractivity (Wildman–Crippen MR) is 42.0 cm³/mol. The Bertz CT molecular complexity index is 83.7. The number of alkyl halides is 1. The standard InChI is InChI=1S/C7H17FN2/c1-7(2,9-3)6-10-5-4-8/h9-10H,4-6H2,1-3H3. The highest BCUT2D eigenvalue weighted by atomic mass is 19.1. The second-order valence-corrected chi connectivity index (χ2v) is 3.00. The van der Waals surface area contributed by atoms with Gasteiger partial charge in [-0.15, -0.1) is 0 Å². The lowest BCUT2D eigenvalue weighted by molar-refractivity contribution is 0.377. The molecule has 3 heteroatoms. The Morgan fingerprint density at radius 2 is 2.00 bits per heavy atom.